The summed E-state index contributed by atoms with van der Waals surface area (Å²) in [4.78, 5) is 14.3. The molecule has 1 fully saturated rings. The van der Waals surface area contributed by atoms with Crippen LogP contribution in [0.5, 0.6) is 0 Å². The Morgan fingerprint density at radius 3 is 2.46 bits per heavy atom. The first-order chi connectivity index (χ1) is 22.0. The number of likely N-dealkylation sites (tertiary alicyclic amines) is 1. The lowest BCUT2D eigenvalue weighted by atomic mass is 10.0. The summed E-state index contributed by atoms with van der Waals surface area (Å²) in [5.41, 5.74) is 2.53. The van der Waals surface area contributed by atoms with Crippen LogP contribution in [0.3, 0.4) is 0 Å². The second-order valence-electron chi connectivity index (χ2n) is 12.2. The number of hydrogen-bond donors (Lipinski definition) is 2. The van der Waals surface area contributed by atoms with Gasteiger partial charge < -0.3 is 20.3 Å². The Morgan fingerprint density at radius 1 is 1.00 bits per heavy atom. The molecule has 0 unspecified atom stereocenters. The number of nitrogens with one attached hydrogen (secondary N) is 2. The van der Waals surface area contributed by atoms with Crippen molar-refractivity contribution in [1.82, 2.24) is 30.1 Å². The molecule has 46 heavy (non-hydrogen) atoms. The number of hydrogen-bond acceptors (Lipinski definition) is 8. The summed E-state index contributed by atoms with van der Waals surface area (Å²) < 4.78 is 21.2. The highest BCUT2D eigenvalue weighted by Gasteiger charge is 2.29. The molecule has 6 rings (SSSR count). The minimum atomic E-state index is -0.536. The highest BCUT2D eigenvalue weighted by atomic mass is 35.5. The Kier molecular flexibility index (Phi) is 8.97. The van der Waals surface area contributed by atoms with Gasteiger partial charge in [-0.25, -0.2) is 13.9 Å². The van der Waals surface area contributed by atoms with E-state index in [4.69, 9.17) is 27.9 Å². The molecule has 1 aliphatic rings. The van der Waals surface area contributed by atoms with Crippen LogP contribution in [-0.2, 0) is 4.74 Å². The van der Waals surface area contributed by atoms with E-state index in [0.717, 1.165) is 40.6 Å². The first kappa shape index (κ1) is 31.5. The number of amides is 1. The minimum Gasteiger partial charge on any atom is -0.444 e. The van der Waals surface area contributed by atoms with Crippen LogP contribution >= 0.6 is 23.2 Å². The third-order valence-corrected chi connectivity index (χ3v) is 8.22. The van der Waals surface area contributed by atoms with E-state index < -0.39 is 11.4 Å². The van der Waals surface area contributed by atoms with Crippen molar-refractivity contribution in [2.45, 2.75) is 51.3 Å². The minimum absolute atomic E-state index is 0.00741. The van der Waals surface area contributed by atoms with E-state index in [1.165, 1.54) is 12.1 Å². The lowest BCUT2D eigenvalue weighted by molar-refractivity contribution is 0.0184. The van der Waals surface area contributed by atoms with Crippen molar-refractivity contribution in [3.05, 3.63) is 100 Å². The average Bonchev–Trinajstić information content (AvgIpc) is 3.52. The van der Waals surface area contributed by atoms with Gasteiger partial charge in [0.2, 0.25) is 0 Å². The van der Waals surface area contributed by atoms with E-state index >= 15 is 0 Å². The molecule has 2 N–H and O–H groups in total. The second kappa shape index (κ2) is 13.1. The molecule has 10 nitrogen and oxygen atoms in total. The maximum atomic E-state index is 13.7. The van der Waals surface area contributed by atoms with Crippen LogP contribution in [-0.4, -0.2) is 54.9 Å². The molecule has 1 saturated heterocycles. The molecule has 2 aromatic heterocycles. The average molecular weight is 664 g/mol. The Labute approximate surface area is 275 Å². The monoisotopic (exact) mass is 662 g/mol. The molecule has 1 amide bonds. The van der Waals surface area contributed by atoms with Crippen molar-refractivity contribution in [3.63, 3.8) is 0 Å². The van der Waals surface area contributed by atoms with Gasteiger partial charge in [-0.1, -0.05) is 46.6 Å². The Hall–Kier alpha value is -4.48. The topological polar surface area (TPSA) is 110 Å². The summed E-state index contributed by atoms with van der Waals surface area (Å²) in [5, 5.41) is 26.6. The SMILES string of the molecule is CC(C)(C)OC(=O)N1CCC(n2cc([C@@H](Nc3ccc4cnnc(Nc5ccc(F)c(Cl)c5)c4c3)c3ccc(Cl)cc3)nn2)CC1. The molecule has 3 heterocycles. The van der Waals surface area contributed by atoms with Gasteiger partial charge in [0.25, 0.3) is 0 Å². The molecule has 0 saturated carbocycles. The first-order valence-corrected chi connectivity index (χ1v) is 15.7. The molecule has 0 spiro atoms. The maximum absolute atomic E-state index is 13.7. The maximum Gasteiger partial charge on any atom is 0.410 e. The second-order valence-corrected chi connectivity index (χ2v) is 13.0. The Balaban J connectivity index is 1.24. The van der Waals surface area contributed by atoms with Crippen LogP contribution in [0.4, 0.5) is 26.4 Å². The van der Waals surface area contributed by atoms with Crippen molar-refractivity contribution in [3.8, 4) is 0 Å². The largest absolute Gasteiger partial charge is 0.444 e. The van der Waals surface area contributed by atoms with Crippen LogP contribution in [0.2, 0.25) is 10.0 Å². The first-order valence-electron chi connectivity index (χ1n) is 14.9. The number of benzene rings is 3. The summed E-state index contributed by atoms with van der Waals surface area (Å²) >= 11 is 12.2. The summed E-state index contributed by atoms with van der Waals surface area (Å²) in [5.74, 6) is -0.00493. The Bertz CT molecular complexity index is 1850. The van der Waals surface area contributed by atoms with Gasteiger partial charge in [0.1, 0.15) is 17.1 Å². The third kappa shape index (κ3) is 7.32. The predicted octanol–water partition coefficient (Wildman–Crippen LogP) is 8.18. The predicted molar refractivity (Wildman–Crippen MR) is 177 cm³/mol. The van der Waals surface area contributed by atoms with E-state index in [0.29, 0.717) is 29.6 Å². The highest BCUT2D eigenvalue weighted by molar-refractivity contribution is 6.31. The zero-order chi connectivity index (χ0) is 32.4. The lowest BCUT2D eigenvalue weighted by Gasteiger charge is -2.33. The van der Waals surface area contributed by atoms with Gasteiger partial charge in [-0.15, -0.1) is 10.2 Å². The molecule has 0 aliphatic carbocycles. The van der Waals surface area contributed by atoms with Gasteiger partial charge in [-0.2, -0.15) is 5.10 Å². The number of nitrogens with zero attached hydrogens (tertiary/aromatic N) is 6. The molecular formula is C33H33Cl2FN8O2. The van der Waals surface area contributed by atoms with Gasteiger partial charge >= 0.3 is 6.09 Å². The van der Waals surface area contributed by atoms with Crippen LogP contribution < -0.4 is 10.6 Å². The number of halogens is 3. The number of ether oxygens (including phenoxy) is 1. The van der Waals surface area contributed by atoms with Gasteiger partial charge in [0, 0.05) is 40.3 Å². The third-order valence-electron chi connectivity index (χ3n) is 7.67. The molecule has 5 aromatic rings. The quantitative estimate of drug-likeness (QED) is 0.179. The molecule has 3 aromatic carbocycles. The lowest BCUT2D eigenvalue weighted by Crippen LogP contribution is -2.42. The van der Waals surface area contributed by atoms with Gasteiger partial charge in [0.05, 0.1) is 29.5 Å². The zero-order valence-electron chi connectivity index (χ0n) is 25.5. The smallest absolute Gasteiger partial charge is 0.410 e. The summed E-state index contributed by atoms with van der Waals surface area (Å²) in [6, 6.07) is 17.6. The van der Waals surface area contributed by atoms with Gasteiger partial charge in [-0.3, -0.25) is 0 Å². The number of carbonyl (C=O) groups excluding carboxylic acids is 1. The molecule has 13 heteroatoms. The fraction of sp³-hybridized carbons (Fsp3) is 0.303. The Morgan fingerprint density at radius 2 is 1.74 bits per heavy atom. The number of piperidine rings is 1. The summed E-state index contributed by atoms with van der Waals surface area (Å²) in [6.45, 7) is 6.76. The van der Waals surface area contributed by atoms with Crippen LogP contribution in [0.15, 0.2) is 73.1 Å². The fourth-order valence-electron chi connectivity index (χ4n) is 5.36. The number of fused-ring (bicyclic) bond motifs is 1. The number of rotatable bonds is 7. The number of anilines is 3. The van der Waals surface area contributed by atoms with E-state index in [1.807, 2.05) is 74.1 Å². The fourth-order valence-corrected chi connectivity index (χ4v) is 5.67. The molecular weight excluding hydrogens is 630 g/mol. The molecule has 1 aliphatic heterocycles. The van der Waals surface area contributed by atoms with Crippen LogP contribution in [0.1, 0.15) is 57.0 Å². The van der Waals surface area contributed by atoms with E-state index in [-0.39, 0.29) is 23.2 Å². The van der Waals surface area contributed by atoms with Gasteiger partial charge in [-0.05, 0) is 81.6 Å². The van der Waals surface area contributed by atoms with Crippen molar-refractivity contribution in [1.29, 1.82) is 0 Å². The molecule has 0 radical (unpaired) electrons. The van der Waals surface area contributed by atoms with Crippen molar-refractivity contribution >= 4 is 57.3 Å². The number of carbonyl (C=O) groups is 1. The summed E-state index contributed by atoms with van der Waals surface area (Å²) in [7, 11) is 0. The molecule has 0 bridgehead atoms. The van der Waals surface area contributed by atoms with Crippen molar-refractivity contribution < 1.29 is 13.9 Å². The van der Waals surface area contributed by atoms with Crippen LogP contribution in [0, 0.1) is 5.82 Å². The van der Waals surface area contributed by atoms with E-state index in [2.05, 4.69) is 31.1 Å². The van der Waals surface area contributed by atoms with Gasteiger partial charge in [0.15, 0.2) is 5.82 Å². The van der Waals surface area contributed by atoms with E-state index in [9.17, 15) is 9.18 Å². The number of aromatic nitrogens is 5. The molecule has 238 valence electrons. The zero-order valence-corrected chi connectivity index (χ0v) is 27.1. The van der Waals surface area contributed by atoms with Crippen LogP contribution in [0.25, 0.3) is 10.8 Å². The van der Waals surface area contributed by atoms with Crippen molar-refractivity contribution in [2.75, 3.05) is 23.7 Å². The normalized spacial score (nSPS) is 14.7. The summed E-state index contributed by atoms with van der Waals surface area (Å²) in [6.07, 6.45) is 4.82. The van der Waals surface area contributed by atoms with Crippen molar-refractivity contribution in [2.24, 2.45) is 0 Å². The highest BCUT2D eigenvalue weighted by Crippen LogP contribution is 2.32. The van der Waals surface area contributed by atoms with E-state index in [1.54, 1.807) is 17.2 Å². The standard InChI is InChI=1S/C33H33Cl2FN8O2/c1-33(2,3)46-32(45)43-14-12-25(13-15-43)44-19-29(40-42-44)30(20-4-7-22(34)8-5-20)38-23-9-6-21-18-37-41-31(26(21)16-23)39-24-10-11-28(36)27(35)17-24/h4-11,16-19,25,30,38H,12-15H2,1-3H3,(H,39,41)/t30-/m0/s1. The molecule has 1 atom stereocenters.